The SMILES string of the molecule is C=C1[C@H](C)CC(=C/C=C2\CCC[C@@]3(C)C2CCC3C(C)CCCC(C)(C)O[Si](CC)(CC)CC)C[C@H]1C. The number of hydrogen-bond acceptors (Lipinski definition) is 1. The van der Waals surface area contributed by atoms with Crippen molar-refractivity contribution in [1.82, 2.24) is 0 Å². The minimum absolute atomic E-state index is 0.0325. The average molecular weight is 527 g/mol. The van der Waals surface area contributed by atoms with Crippen LogP contribution < -0.4 is 0 Å². The smallest absolute Gasteiger partial charge is 0.192 e. The molecule has 1 nitrogen and oxygen atoms in total. The van der Waals surface area contributed by atoms with Crippen LogP contribution in [0.15, 0.2) is 35.5 Å². The highest BCUT2D eigenvalue weighted by molar-refractivity contribution is 6.73. The highest BCUT2D eigenvalue weighted by Gasteiger charge is 2.50. The lowest BCUT2D eigenvalue weighted by atomic mass is 9.60. The first-order chi connectivity index (χ1) is 17.4. The molecule has 0 aromatic rings. The summed E-state index contributed by atoms with van der Waals surface area (Å²) < 4.78 is 6.92. The third-order valence-corrected chi connectivity index (χ3v) is 16.4. The van der Waals surface area contributed by atoms with E-state index in [0.717, 1.165) is 17.8 Å². The summed E-state index contributed by atoms with van der Waals surface area (Å²) in [6.45, 7) is 26.1. The van der Waals surface area contributed by atoms with Gasteiger partial charge in [0, 0.05) is 0 Å². The van der Waals surface area contributed by atoms with Crippen molar-refractivity contribution in [3.63, 3.8) is 0 Å². The summed E-state index contributed by atoms with van der Waals surface area (Å²) in [5.74, 6) is 3.79. The molecule has 3 aliphatic carbocycles. The van der Waals surface area contributed by atoms with E-state index in [9.17, 15) is 0 Å². The Kier molecular flexibility index (Phi) is 10.6. The molecule has 0 heterocycles. The average Bonchev–Trinajstić information content (AvgIpc) is 3.22. The fourth-order valence-corrected chi connectivity index (χ4v) is 12.1. The minimum Gasteiger partial charge on any atom is -0.412 e. The molecule has 2 heteroatoms. The van der Waals surface area contributed by atoms with Crippen molar-refractivity contribution < 1.29 is 4.43 Å². The zero-order valence-corrected chi connectivity index (χ0v) is 27.3. The van der Waals surface area contributed by atoms with Gasteiger partial charge in [0.15, 0.2) is 8.32 Å². The molecule has 0 amide bonds. The number of allylic oxidation sites excluding steroid dienone is 5. The van der Waals surface area contributed by atoms with Gasteiger partial charge in [-0.05, 0) is 118 Å². The molecule has 0 spiro atoms. The third-order valence-electron chi connectivity index (χ3n) is 11.5. The monoisotopic (exact) mass is 526 g/mol. The second-order valence-electron chi connectivity index (χ2n) is 14.4. The van der Waals surface area contributed by atoms with Crippen LogP contribution in [0, 0.1) is 35.0 Å². The van der Waals surface area contributed by atoms with E-state index in [4.69, 9.17) is 4.43 Å². The van der Waals surface area contributed by atoms with Crippen molar-refractivity contribution in [3.05, 3.63) is 35.5 Å². The van der Waals surface area contributed by atoms with Gasteiger partial charge in [-0.1, -0.05) is 96.8 Å². The topological polar surface area (TPSA) is 9.23 Å². The van der Waals surface area contributed by atoms with Crippen molar-refractivity contribution in [2.75, 3.05) is 0 Å². The molecule has 0 radical (unpaired) electrons. The van der Waals surface area contributed by atoms with Crippen LogP contribution in [-0.4, -0.2) is 13.9 Å². The number of fused-ring (bicyclic) bond motifs is 1. The van der Waals surface area contributed by atoms with Gasteiger partial charge in [-0.3, -0.25) is 0 Å². The molecular weight excluding hydrogens is 464 g/mol. The Hall–Kier alpha value is -0.603. The summed E-state index contributed by atoms with van der Waals surface area (Å²) in [4.78, 5) is 0. The Morgan fingerprint density at radius 2 is 1.68 bits per heavy atom. The Balaban J connectivity index is 1.60. The molecule has 0 N–H and O–H groups in total. The van der Waals surface area contributed by atoms with Crippen LogP contribution in [0.4, 0.5) is 0 Å². The summed E-state index contributed by atoms with van der Waals surface area (Å²) in [6, 6.07) is 3.75. The Morgan fingerprint density at radius 1 is 1.05 bits per heavy atom. The maximum atomic E-state index is 6.92. The van der Waals surface area contributed by atoms with E-state index >= 15 is 0 Å². The van der Waals surface area contributed by atoms with Crippen LogP contribution in [0.1, 0.15) is 127 Å². The van der Waals surface area contributed by atoms with Crippen LogP contribution >= 0.6 is 0 Å². The van der Waals surface area contributed by atoms with Gasteiger partial charge in [-0.2, -0.15) is 0 Å². The number of hydrogen-bond donors (Lipinski definition) is 0. The molecule has 3 saturated carbocycles. The third kappa shape index (κ3) is 7.13. The van der Waals surface area contributed by atoms with Crippen molar-refractivity contribution in [2.24, 2.45) is 35.0 Å². The lowest BCUT2D eigenvalue weighted by Gasteiger charge is -2.44. The standard InChI is InChI=1S/C35H62OSi/c1-11-37(12-2,13-3)36-34(8,9)22-14-16-26(4)32-20-21-33-31(17-15-23-35(32,33)10)19-18-30-24-27(5)29(7)28(6)25-30/h18-19,26-28,32-33H,7,11-17,20-25H2,1-6,8-10H3/b31-19+/t26?,27-,28-,32?,33?,35-/m1/s1. The van der Waals surface area contributed by atoms with E-state index in [-0.39, 0.29) is 5.60 Å². The normalized spacial score (nSPS) is 33.1. The summed E-state index contributed by atoms with van der Waals surface area (Å²) in [7, 11) is -1.55. The fourth-order valence-electron chi connectivity index (χ4n) is 8.85. The van der Waals surface area contributed by atoms with E-state index in [2.05, 4.69) is 81.0 Å². The van der Waals surface area contributed by atoms with Gasteiger partial charge in [-0.15, -0.1) is 0 Å². The van der Waals surface area contributed by atoms with Gasteiger partial charge in [0.1, 0.15) is 0 Å². The van der Waals surface area contributed by atoms with Crippen LogP contribution in [0.5, 0.6) is 0 Å². The molecule has 3 aliphatic rings. The fraction of sp³-hybridized carbons (Fsp3) is 0.829. The van der Waals surface area contributed by atoms with Gasteiger partial charge in [-0.25, -0.2) is 0 Å². The first-order valence-corrected chi connectivity index (χ1v) is 18.7. The van der Waals surface area contributed by atoms with Gasteiger partial charge < -0.3 is 4.43 Å². The van der Waals surface area contributed by atoms with Crippen LogP contribution in [0.2, 0.25) is 18.1 Å². The first kappa shape index (κ1) is 30.9. The van der Waals surface area contributed by atoms with Gasteiger partial charge in [0.2, 0.25) is 0 Å². The van der Waals surface area contributed by atoms with E-state index in [1.807, 2.05) is 0 Å². The first-order valence-electron chi connectivity index (χ1n) is 16.2. The van der Waals surface area contributed by atoms with Crippen LogP contribution in [-0.2, 0) is 4.43 Å². The zero-order chi connectivity index (χ0) is 27.4. The maximum Gasteiger partial charge on any atom is 0.192 e. The molecule has 0 bridgehead atoms. The molecule has 0 aromatic heterocycles. The summed E-state index contributed by atoms with van der Waals surface area (Å²) >= 11 is 0. The predicted molar refractivity (Wildman–Crippen MR) is 166 cm³/mol. The van der Waals surface area contributed by atoms with Crippen LogP contribution in [0.3, 0.4) is 0 Å². The second kappa shape index (κ2) is 12.7. The minimum atomic E-state index is -1.55. The lowest BCUT2D eigenvalue weighted by molar-refractivity contribution is 0.0704. The molecule has 0 saturated heterocycles. The Labute approximate surface area is 233 Å². The molecular formula is C35H62OSi. The molecule has 212 valence electrons. The highest BCUT2D eigenvalue weighted by Crippen LogP contribution is 2.60. The summed E-state index contributed by atoms with van der Waals surface area (Å²) in [5, 5.41) is 0. The Bertz CT molecular complexity index is 806. The number of rotatable bonds is 11. The molecule has 0 aromatic carbocycles. The highest BCUT2D eigenvalue weighted by atomic mass is 28.4. The lowest BCUT2D eigenvalue weighted by Crippen LogP contribution is -2.44. The largest absolute Gasteiger partial charge is 0.412 e. The molecule has 0 aliphatic heterocycles. The van der Waals surface area contributed by atoms with Crippen molar-refractivity contribution >= 4 is 8.32 Å². The molecule has 6 atom stereocenters. The second-order valence-corrected chi connectivity index (χ2v) is 19.1. The maximum absolute atomic E-state index is 6.92. The van der Waals surface area contributed by atoms with Crippen molar-refractivity contribution in [1.29, 1.82) is 0 Å². The molecule has 3 fully saturated rings. The van der Waals surface area contributed by atoms with E-state index in [0.29, 0.717) is 17.3 Å². The van der Waals surface area contributed by atoms with Gasteiger partial charge in [0.05, 0.1) is 5.60 Å². The summed E-state index contributed by atoms with van der Waals surface area (Å²) in [6.07, 6.45) is 18.4. The van der Waals surface area contributed by atoms with E-state index < -0.39 is 8.32 Å². The molecule has 3 rings (SSSR count). The quantitative estimate of drug-likeness (QED) is 0.192. The van der Waals surface area contributed by atoms with Crippen molar-refractivity contribution in [2.45, 2.75) is 150 Å². The van der Waals surface area contributed by atoms with Gasteiger partial charge in [0.25, 0.3) is 0 Å². The van der Waals surface area contributed by atoms with Crippen molar-refractivity contribution in [3.8, 4) is 0 Å². The molecule has 3 unspecified atom stereocenters. The van der Waals surface area contributed by atoms with Gasteiger partial charge >= 0.3 is 0 Å². The molecule has 37 heavy (non-hydrogen) atoms. The van der Waals surface area contributed by atoms with E-state index in [1.54, 1.807) is 11.1 Å². The zero-order valence-electron chi connectivity index (χ0n) is 26.3. The Morgan fingerprint density at radius 3 is 2.27 bits per heavy atom. The summed E-state index contributed by atoms with van der Waals surface area (Å²) in [5.41, 5.74) is 5.42. The van der Waals surface area contributed by atoms with E-state index in [1.165, 1.54) is 87.9 Å². The van der Waals surface area contributed by atoms with Crippen LogP contribution in [0.25, 0.3) is 0 Å². The predicted octanol–water partition coefficient (Wildman–Crippen LogP) is 11.3.